The normalized spacial score (nSPS) is 10.6. The van der Waals surface area contributed by atoms with Crippen molar-refractivity contribution in [2.45, 2.75) is 12.8 Å². The molecule has 0 heterocycles. The number of aliphatic imine (C=N–C) groups is 1. The number of benzene rings is 1. The molecule has 0 fully saturated rings. The summed E-state index contributed by atoms with van der Waals surface area (Å²) in [6, 6.07) is 10.5. The van der Waals surface area contributed by atoms with Crippen molar-refractivity contribution in [3.05, 3.63) is 35.9 Å². The van der Waals surface area contributed by atoms with E-state index in [0.29, 0.717) is 0 Å². The topological polar surface area (TPSA) is 12.4 Å². The molecule has 11 heavy (non-hydrogen) atoms. The molecule has 0 spiro atoms. The first-order valence-electron chi connectivity index (χ1n) is 3.88. The van der Waals surface area contributed by atoms with Gasteiger partial charge in [0.2, 0.25) is 0 Å². The summed E-state index contributed by atoms with van der Waals surface area (Å²) in [5.41, 5.74) is 1.38. The van der Waals surface area contributed by atoms with Crippen LogP contribution in [0, 0.1) is 0 Å². The van der Waals surface area contributed by atoms with Crippen molar-refractivity contribution >= 4 is 6.21 Å². The molecule has 0 unspecified atom stereocenters. The maximum absolute atomic E-state index is 3.93. The lowest BCUT2D eigenvalue weighted by molar-refractivity contribution is 1.05. The lowest BCUT2D eigenvalue weighted by Crippen LogP contribution is -1.84. The van der Waals surface area contributed by atoms with E-state index in [2.05, 4.69) is 29.3 Å². The maximum Gasteiger partial charge on any atom is 0.0273 e. The summed E-state index contributed by atoms with van der Waals surface area (Å²) < 4.78 is 0. The van der Waals surface area contributed by atoms with Crippen molar-refractivity contribution in [3.8, 4) is 0 Å². The van der Waals surface area contributed by atoms with Gasteiger partial charge in [0.05, 0.1) is 0 Å². The summed E-state index contributed by atoms with van der Waals surface area (Å²) >= 11 is 0. The summed E-state index contributed by atoms with van der Waals surface area (Å²) in [5, 5.41) is 0. The number of aryl methyl sites for hydroxylation is 1. The van der Waals surface area contributed by atoms with Gasteiger partial charge in [-0.1, -0.05) is 30.3 Å². The van der Waals surface area contributed by atoms with E-state index in [1.54, 1.807) is 0 Å². The Balaban J connectivity index is 2.39. The summed E-state index contributed by atoms with van der Waals surface area (Å²) in [4.78, 5) is 3.93. The Morgan fingerprint density at radius 3 is 2.64 bits per heavy atom. The Morgan fingerprint density at radius 1 is 1.27 bits per heavy atom. The molecule has 0 aromatic heterocycles. The fraction of sp³-hybridized carbons (Fsp3) is 0.300. The monoisotopic (exact) mass is 147 g/mol. The quantitative estimate of drug-likeness (QED) is 0.582. The summed E-state index contributed by atoms with van der Waals surface area (Å²) in [7, 11) is 1.81. The molecule has 0 saturated carbocycles. The summed E-state index contributed by atoms with van der Waals surface area (Å²) in [5.74, 6) is 0. The second-order valence-electron chi connectivity index (χ2n) is 2.47. The zero-order valence-electron chi connectivity index (χ0n) is 6.83. The van der Waals surface area contributed by atoms with Gasteiger partial charge in [-0.2, -0.15) is 0 Å². The largest absolute Gasteiger partial charge is 0.301 e. The van der Waals surface area contributed by atoms with E-state index in [1.165, 1.54) is 5.56 Å². The molecular weight excluding hydrogens is 134 g/mol. The molecule has 0 aliphatic carbocycles. The molecule has 0 aliphatic rings. The minimum absolute atomic E-state index is 1.04. The van der Waals surface area contributed by atoms with Crippen LogP contribution in [0.1, 0.15) is 12.0 Å². The van der Waals surface area contributed by atoms with E-state index in [9.17, 15) is 0 Å². The predicted octanol–water partition coefficient (Wildman–Crippen LogP) is 2.32. The Bertz CT molecular complexity index is 214. The number of rotatable bonds is 3. The minimum atomic E-state index is 1.04. The highest BCUT2D eigenvalue weighted by atomic mass is 14.6. The van der Waals surface area contributed by atoms with Crippen LogP contribution in [0.25, 0.3) is 0 Å². The van der Waals surface area contributed by atoms with Crippen LogP contribution in [0.2, 0.25) is 0 Å². The van der Waals surface area contributed by atoms with Crippen LogP contribution in [0.15, 0.2) is 35.3 Å². The highest BCUT2D eigenvalue weighted by molar-refractivity contribution is 5.57. The van der Waals surface area contributed by atoms with E-state index in [0.717, 1.165) is 12.8 Å². The van der Waals surface area contributed by atoms with Crippen LogP contribution in [-0.4, -0.2) is 13.3 Å². The molecule has 0 N–H and O–H groups in total. The molecule has 1 aromatic rings. The molecule has 0 bridgehead atoms. The van der Waals surface area contributed by atoms with Gasteiger partial charge in [-0.25, -0.2) is 0 Å². The van der Waals surface area contributed by atoms with Gasteiger partial charge in [0.15, 0.2) is 0 Å². The first kappa shape index (κ1) is 7.99. The SMILES string of the molecule is CN=CCCc1ccccc1. The first-order valence-corrected chi connectivity index (χ1v) is 3.88. The van der Waals surface area contributed by atoms with Crippen LogP contribution < -0.4 is 0 Å². The van der Waals surface area contributed by atoms with Crippen molar-refractivity contribution in [1.29, 1.82) is 0 Å². The van der Waals surface area contributed by atoms with E-state index in [-0.39, 0.29) is 0 Å². The zero-order chi connectivity index (χ0) is 7.94. The average molecular weight is 147 g/mol. The van der Waals surface area contributed by atoms with Crippen LogP contribution in [-0.2, 0) is 6.42 Å². The van der Waals surface area contributed by atoms with Crippen LogP contribution >= 0.6 is 0 Å². The van der Waals surface area contributed by atoms with Gasteiger partial charge in [-0.3, -0.25) is 0 Å². The van der Waals surface area contributed by atoms with Crippen LogP contribution in [0.4, 0.5) is 0 Å². The minimum Gasteiger partial charge on any atom is -0.301 e. The van der Waals surface area contributed by atoms with Crippen molar-refractivity contribution in [2.24, 2.45) is 4.99 Å². The Kier molecular flexibility index (Phi) is 3.39. The van der Waals surface area contributed by atoms with E-state index in [1.807, 2.05) is 19.3 Å². The highest BCUT2D eigenvalue weighted by Crippen LogP contribution is 2.00. The van der Waals surface area contributed by atoms with E-state index < -0.39 is 0 Å². The van der Waals surface area contributed by atoms with Gasteiger partial charge in [0.1, 0.15) is 0 Å². The third kappa shape index (κ3) is 2.99. The number of hydrogen-bond donors (Lipinski definition) is 0. The second kappa shape index (κ2) is 4.67. The lowest BCUT2D eigenvalue weighted by Gasteiger charge is -1.94. The fourth-order valence-corrected chi connectivity index (χ4v) is 1.00. The fourth-order valence-electron chi connectivity index (χ4n) is 1.00. The second-order valence-corrected chi connectivity index (χ2v) is 2.47. The van der Waals surface area contributed by atoms with E-state index in [4.69, 9.17) is 0 Å². The van der Waals surface area contributed by atoms with E-state index >= 15 is 0 Å². The molecule has 58 valence electrons. The third-order valence-corrected chi connectivity index (χ3v) is 1.59. The van der Waals surface area contributed by atoms with Gasteiger partial charge in [0, 0.05) is 7.05 Å². The zero-order valence-corrected chi connectivity index (χ0v) is 6.83. The lowest BCUT2D eigenvalue weighted by atomic mass is 10.1. The first-order chi connectivity index (χ1) is 5.43. The van der Waals surface area contributed by atoms with Gasteiger partial charge < -0.3 is 4.99 Å². The molecular formula is C10H13N. The Hall–Kier alpha value is -1.11. The van der Waals surface area contributed by atoms with Crippen molar-refractivity contribution in [1.82, 2.24) is 0 Å². The maximum atomic E-state index is 3.93. The molecule has 0 radical (unpaired) electrons. The predicted molar refractivity (Wildman–Crippen MR) is 49.2 cm³/mol. The summed E-state index contributed by atoms with van der Waals surface area (Å²) in [6.45, 7) is 0. The molecule has 1 aromatic carbocycles. The van der Waals surface area contributed by atoms with Crippen LogP contribution in [0.5, 0.6) is 0 Å². The highest BCUT2D eigenvalue weighted by Gasteiger charge is 1.86. The Labute approximate surface area is 67.8 Å². The van der Waals surface area contributed by atoms with Crippen molar-refractivity contribution in [2.75, 3.05) is 7.05 Å². The molecule has 0 aliphatic heterocycles. The molecule has 0 amide bonds. The molecule has 1 heteroatoms. The molecule has 0 saturated heterocycles. The smallest absolute Gasteiger partial charge is 0.0273 e. The average Bonchev–Trinajstić information content (AvgIpc) is 2.07. The number of hydrogen-bond acceptors (Lipinski definition) is 1. The van der Waals surface area contributed by atoms with Gasteiger partial charge in [-0.05, 0) is 24.6 Å². The van der Waals surface area contributed by atoms with Gasteiger partial charge >= 0.3 is 0 Å². The summed E-state index contributed by atoms with van der Waals surface area (Å²) in [6.07, 6.45) is 4.09. The van der Waals surface area contributed by atoms with Crippen LogP contribution in [0.3, 0.4) is 0 Å². The Morgan fingerprint density at radius 2 is 2.00 bits per heavy atom. The third-order valence-electron chi connectivity index (χ3n) is 1.59. The van der Waals surface area contributed by atoms with Gasteiger partial charge in [-0.15, -0.1) is 0 Å². The van der Waals surface area contributed by atoms with Gasteiger partial charge in [0.25, 0.3) is 0 Å². The van der Waals surface area contributed by atoms with Crippen molar-refractivity contribution < 1.29 is 0 Å². The number of nitrogens with zero attached hydrogens (tertiary/aromatic N) is 1. The molecule has 1 nitrogen and oxygen atoms in total. The van der Waals surface area contributed by atoms with Crippen molar-refractivity contribution in [3.63, 3.8) is 0 Å². The molecule has 1 rings (SSSR count). The molecule has 0 atom stereocenters. The standard InChI is InChI=1S/C10H13N/c1-11-9-5-8-10-6-3-2-4-7-10/h2-4,6-7,9H,5,8H2,1H3.